The number of ketones is 1. The highest BCUT2D eigenvalue weighted by Crippen LogP contribution is 2.33. The summed E-state index contributed by atoms with van der Waals surface area (Å²) in [6, 6.07) is 11.6. The van der Waals surface area contributed by atoms with E-state index in [4.69, 9.17) is 0 Å². The maximum Gasteiger partial charge on any atom is 0.251 e. The van der Waals surface area contributed by atoms with Crippen molar-refractivity contribution < 1.29 is 4.79 Å². The third-order valence-electron chi connectivity index (χ3n) is 4.03. The number of aromatic amines is 1. The van der Waals surface area contributed by atoms with Gasteiger partial charge in [-0.1, -0.05) is 44.2 Å². The normalized spacial score (nSPS) is 16.6. The molecular formula is C18H19NO2. The number of hydrogen-bond donors (Lipinski definition) is 1. The average Bonchev–Trinajstić information content (AvgIpc) is 2.40. The molecule has 1 aliphatic carbocycles. The number of fused-ring (bicyclic) bond motifs is 1. The van der Waals surface area contributed by atoms with Crippen LogP contribution in [0, 0.1) is 5.41 Å². The van der Waals surface area contributed by atoms with Gasteiger partial charge < -0.3 is 4.98 Å². The van der Waals surface area contributed by atoms with Gasteiger partial charge >= 0.3 is 0 Å². The van der Waals surface area contributed by atoms with E-state index in [9.17, 15) is 9.59 Å². The van der Waals surface area contributed by atoms with Crippen molar-refractivity contribution in [3.63, 3.8) is 0 Å². The van der Waals surface area contributed by atoms with E-state index in [1.54, 1.807) is 6.07 Å². The molecule has 3 rings (SSSR count). The van der Waals surface area contributed by atoms with Gasteiger partial charge in [0.1, 0.15) is 0 Å². The van der Waals surface area contributed by atoms with Crippen molar-refractivity contribution in [3.8, 4) is 0 Å². The zero-order valence-corrected chi connectivity index (χ0v) is 12.4. The van der Waals surface area contributed by atoms with Crippen LogP contribution in [-0.2, 0) is 12.8 Å². The molecule has 0 unspecified atom stereocenters. The second-order valence-electron chi connectivity index (χ2n) is 6.62. The third kappa shape index (κ3) is 2.82. The van der Waals surface area contributed by atoms with Gasteiger partial charge in [-0.2, -0.15) is 0 Å². The average molecular weight is 281 g/mol. The highest BCUT2D eigenvalue weighted by atomic mass is 16.1. The molecule has 3 heteroatoms. The van der Waals surface area contributed by atoms with Gasteiger partial charge in [-0.3, -0.25) is 9.59 Å². The number of pyridine rings is 1. The molecule has 1 aromatic carbocycles. The van der Waals surface area contributed by atoms with E-state index >= 15 is 0 Å². The Kier molecular flexibility index (Phi) is 3.28. The van der Waals surface area contributed by atoms with E-state index in [1.807, 2.05) is 30.3 Å². The Morgan fingerprint density at radius 3 is 2.52 bits per heavy atom. The topological polar surface area (TPSA) is 49.9 Å². The van der Waals surface area contributed by atoms with E-state index in [-0.39, 0.29) is 16.8 Å². The third-order valence-corrected chi connectivity index (χ3v) is 4.03. The number of rotatable bonds is 2. The van der Waals surface area contributed by atoms with E-state index in [1.165, 1.54) is 0 Å². The minimum Gasteiger partial charge on any atom is -0.325 e. The van der Waals surface area contributed by atoms with Crippen molar-refractivity contribution in [3.05, 3.63) is 69.1 Å². The van der Waals surface area contributed by atoms with Crippen LogP contribution in [-0.4, -0.2) is 10.8 Å². The first kappa shape index (κ1) is 13.8. The fraction of sp³-hybridized carbons (Fsp3) is 0.333. The summed E-state index contributed by atoms with van der Waals surface area (Å²) in [6.45, 7) is 4.12. The van der Waals surface area contributed by atoms with Crippen molar-refractivity contribution in [1.82, 2.24) is 4.98 Å². The van der Waals surface area contributed by atoms with Crippen LogP contribution in [0.1, 0.15) is 47.4 Å². The molecule has 0 amide bonds. The lowest BCUT2D eigenvalue weighted by atomic mass is 9.75. The van der Waals surface area contributed by atoms with Crippen molar-refractivity contribution >= 4 is 5.78 Å². The molecule has 3 nitrogen and oxygen atoms in total. The Bertz CT molecular complexity index is 742. The summed E-state index contributed by atoms with van der Waals surface area (Å²) in [5.74, 6) is 0.131. The zero-order valence-electron chi connectivity index (χ0n) is 12.4. The standard InChI is InChI=1S/C18H19NO2/c1-18(2)10-15-14(16(20)11-18)9-13(17(21)19-15)8-12-6-4-3-5-7-12/h3-7,9H,8,10-11H2,1-2H3,(H,19,21). The Morgan fingerprint density at radius 1 is 1.10 bits per heavy atom. The molecule has 1 N–H and O–H groups in total. The fourth-order valence-corrected chi connectivity index (χ4v) is 3.02. The van der Waals surface area contributed by atoms with E-state index in [2.05, 4.69) is 18.8 Å². The number of carbonyl (C=O) groups excluding carboxylic acids is 1. The van der Waals surface area contributed by atoms with Gasteiger partial charge in [0.15, 0.2) is 5.78 Å². The molecule has 0 saturated heterocycles. The molecule has 0 spiro atoms. The Labute approximate surface area is 124 Å². The summed E-state index contributed by atoms with van der Waals surface area (Å²) in [5.41, 5.74) is 3.06. The van der Waals surface area contributed by atoms with Crippen LogP contribution in [0.25, 0.3) is 0 Å². The smallest absolute Gasteiger partial charge is 0.251 e. The van der Waals surface area contributed by atoms with Crippen LogP contribution >= 0.6 is 0 Å². The Morgan fingerprint density at radius 2 is 1.81 bits per heavy atom. The Balaban J connectivity index is 2.00. The number of Topliss-reactive ketones (excluding diaryl/α,β-unsaturated/α-hetero) is 1. The van der Waals surface area contributed by atoms with Crippen molar-refractivity contribution in [2.24, 2.45) is 5.41 Å². The summed E-state index contributed by atoms with van der Waals surface area (Å²) in [7, 11) is 0. The molecule has 1 heterocycles. The van der Waals surface area contributed by atoms with Gasteiger partial charge in [-0.05, 0) is 23.5 Å². The molecule has 1 aromatic heterocycles. The summed E-state index contributed by atoms with van der Waals surface area (Å²) >= 11 is 0. The lowest BCUT2D eigenvalue weighted by Crippen LogP contribution is -2.31. The van der Waals surface area contributed by atoms with Crippen LogP contribution < -0.4 is 5.56 Å². The molecule has 0 fully saturated rings. The number of hydrogen-bond acceptors (Lipinski definition) is 2. The zero-order chi connectivity index (χ0) is 15.0. The van der Waals surface area contributed by atoms with Gasteiger partial charge in [-0.25, -0.2) is 0 Å². The first-order valence-electron chi connectivity index (χ1n) is 7.27. The lowest BCUT2D eigenvalue weighted by molar-refractivity contribution is 0.0910. The minimum absolute atomic E-state index is 0.0754. The summed E-state index contributed by atoms with van der Waals surface area (Å²) in [6.07, 6.45) is 1.84. The second kappa shape index (κ2) is 4.99. The molecular weight excluding hydrogens is 262 g/mol. The monoisotopic (exact) mass is 281 g/mol. The molecule has 21 heavy (non-hydrogen) atoms. The molecule has 2 aromatic rings. The number of H-pyrrole nitrogens is 1. The summed E-state index contributed by atoms with van der Waals surface area (Å²) in [5, 5.41) is 0. The van der Waals surface area contributed by atoms with Crippen LogP contribution in [0.4, 0.5) is 0 Å². The molecule has 0 radical (unpaired) electrons. The minimum atomic E-state index is -0.0805. The van der Waals surface area contributed by atoms with Gasteiger partial charge in [0.2, 0.25) is 0 Å². The van der Waals surface area contributed by atoms with E-state index in [0.29, 0.717) is 24.0 Å². The van der Waals surface area contributed by atoms with Crippen LogP contribution in [0.3, 0.4) is 0 Å². The SMILES string of the molecule is CC1(C)CC(=O)c2cc(Cc3ccccc3)c(=O)[nH]c2C1. The largest absolute Gasteiger partial charge is 0.325 e. The van der Waals surface area contributed by atoms with Crippen LogP contribution in [0.2, 0.25) is 0 Å². The van der Waals surface area contributed by atoms with E-state index < -0.39 is 0 Å². The number of carbonyl (C=O) groups is 1. The lowest BCUT2D eigenvalue weighted by Gasteiger charge is -2.29. The molecule has 0 aliphatic heterocycles. The van der Waals surface area contributed by atoms with Crippen LogP contribution in [0.5, 0.6) is 0 Å². The summed E-state index contributed by atoms with van der Waals surface area (Å²) < 4.78 is 0. The number of nitrogens with one attached hydrogen (secondary N) is 1. The molecule has 0 saturated carbocycles. The Hall–Kier alpha value is -2.16. The second-order valence-corrected chi connectivity index (χ2v) is 6.62. The van der Waals surface area contributed by atoms with Crippen LogP contribution in [0.15, 0.2) is 41.2 Å². The predicted molar refractivity (Wildman–Crippen MR) is 82.7 cm³/mol. The maximum atomic E-state index is 12.3. The maximum absolute atomic E-state index is 12.3. The highest BCUT2D eigenvalue weighted by molar-refractivity contribution is 5.98. The van der Waals surface area contributed by atoms with Gasteiger partial charge in [0, 0.05) is 29.7 Å². The van der Waals surface area contributed by atoms with Crippen molar-refractivity contribution in [2.45, 2.75) is 33.1 Å². The quantitative estimate of drug-likeness (QED) is 0.919. The molecule has 108 valence electrons. The van der Waals surface area contributed by atoms with Gasteiger partial charge in [-0.15, -0.1) is 0 Å². The fourth-order valence-electron chi connectivity index (χ4n) is 3.02. The molecule has 1 aliphatic rings. The first-order chi connectivity index (χ1) is 9.94. The van der Waals surface area contributed by atoms with Gasteiger partial charge in [0.25, 0.3) is 5.56 Å². The first-order valence-corrected chi connectivity index (χ1v) is 7.27. The molecule has 0 atom stereocenters. The van der Waals surface area contributed by atoms with Crippen molar-refractivity contribution in [1.29, 1.82) is 0 Å². The van der Waals surface area contributed by atoms with Crippen molar-refractivity contribution in [2.75, 3.05) is 0 Å². The summed E-state index contributed by atoms with van der Waals surface area (Å²) in [4.78, 5) is 27.5. The molecule has 0 bridgehead atoms. The number of aromatic nitrogens is 1. The predicted octanol–water partition coefficient (Wildman–Crippen LogP) is 3.12. The van der Waals surface area contributed by atoms with E-state index in [0.717, 1.165) is 17.7 Å². The highest BCUT2D eigenvalue weighted by Gasteiger charge is 2.31. The number of benzene rings is 1. The van der Waals surface area contributed by atoms with Gasteiger partial charge in [0.05, 0.1) is 0 Å².